The Labute approximate surface area is 160 Å². The van der Waals surface area contributed by atoms with Crippen molar-refractivity contribution in [2.45, 2.75) is 16.5 Å². The van der Waals surface area contributed by atoms with Crippen LogP contribution in [-0.4, -0.2) is 16.5 Å². The number of hydrogen-bond acceptors (Lipinski definition) is 6. The monoisotopic (exact) mass is 255 g/mol. The molecule has 3 nitrogen and oxygen atoms in total. The predicted molar refractivity (Wildman–Crippen MR) is 51.1 cm³/mol. The van der Waals surface area contributed by atoms with Crippen molar-refractivity contribution in [2.75, 3.05) is 0 Å². The largest absolute Gasteiger partial charge is 1.00 e. The van der Waals surface area contributed by atoms with Crippen LogP contribution >= 0.6 is 37.9 Å². The van der Waals surface area contributed by atoms with Gasteiger partial charge in [0.15, 0.2) is 0 Å². The van der Waals surface area contributed by atoms with Crippen LogP contribution in [0.5, 0.6) is 0 Å². The molecule has 0 unspecified atom stereocenters. The van der Waals surface area contributed by atoms with Crippen molar-refractivity contribution in [1.29, 1.82) is 0 Å². The van der Waals surface area contributed by atoms with Gasteiger partial charge >= 0.3 is 88.7 Å². The zero-order valence-electron chi connectivity index (χ0n) is 10.6. The molecule has 3 N–H and O–H groups in total. The van der Waals surface area contributed by atoms with E-state index in [1.807, 2.05) is 0 Å². The van der Waals surface area contributed by atoms with Crippen molar-refractivity contribution in [3.8, 4) is 0 Å². The Morgan fingerprint density at radius 2 is 0.833 bits per heavy atom. The van der Waals surface area contributed by atoms with Crippen molar-refractivity contribution < 1.29 is 93.0 Å². The summed E-state index contributed by atoms with van der Waals surface area (Å²) in [6.45, 7) is 0. The summed E-state index contributed by atoms with van der Waals surface area (Å²) in [5.74, 6) is 0. The molecule has 0 atom stereocenters. The van der Waals surface area contributed by atoms with E-state index in [2.05, 4.69) is 53.8 Å². The Morgan fingerprint density at radius 1 is 0.667 bits per heavy atom. The average molecular weight is 255 g/mol. The van der Waals surface area contributed by atoms with Gasteiger partial charge in [-0.3, -0.25) is 16.0 Å². The molecule has 1 aliphatic heterocycles. The Kier molecular flexibility index (Phi) is 20.2. The van der Waals surface area contributed by atoms with Crippen LogP contribution in [0.1, 0.15) is 4.28 Å². The Morgan fingerprint density at radius 3 is 1.00 bits per heavy atom. The zero-order valence-corrected chi connectivity index (χ0v) is 16.3. The van der Waals surface area contributed by atoms with Crippen LogP contribution in [0.3, 0.4) is 0 Å². The van der Waals surface area contributed by atoms with Gasteiger partial charge < -0.3 is 4.28 Å². The minimum atomic E-state index is -0.0313. The summed E-state index contributed by atoms with van der Waals surface area (Å²) in [7, 11) is 0. The van der Waals surface area contributed by atoms with E-state index in [9.17, 15) is 0 Å². The summed E-state index contributed by atoms with van der Waals surface area (Å²) in [6.07, 6.45) is 0. The number of nitrogens with one attached hydrogen (secondary N) is 3. The van der Waals surface area contributed by atoms with Crippen molar-refractivity contribution in [2.24, 2.45) is 0 Å². The molecule has 12 heavy (non-hydrogen) atoms. The molecule has 0 aromatic rings. The van der Waals surface area contributed by atoms with Gasteiger partial charge in [-0.2, -0.15) is 0 Å². The van der Waals surface area contributed by atoms with Gasteiger partial charge in [-0.1, -0.05) is 0 Å². The minimum Gasteiger partial charge on any atom is -1.00 e. The molecule has 0 saturated carbocycles. The van der Waals surface area contributed by atoms with Crippen LogP contribution in [-0.2, 0) is 0 Å². The van der Waals surface area contributed by atoms with Crippen LogP contribution in [0.2, 0.25) is 0 Å². The van der Waals surface area contributed by atoms with Gasteiger partial charge in [0.1, 0.15) is 16.5 Å². The second-order valence-electron chi connectivity index (χ2n) is 1.71. The van der Waals surface area contributed by atoms with Crippen LogP contribution < -0.4 is 105 Å². The molecule has 0 aromatic carbocycles. The maximum absolute atomic E-state index is 4.12. The second-order valence-corrected chi connectivity index (χ2v) is 3.26. The van der Waals surface area contributed by atoms with E-state index >= 15 is 0 Å². The van der Waals surface area contributed by atoms with E-state index < -0.39 is 0 Å². The smallest absolute Gasteiger partial charge is 1.00 e. The van der Waals surface area contributed by atoms with Crippen LogP contribution in [0.25, 0.3) is 0 Å². The van der Waals surface area contributed by atoms with E-state index in [0.717, 1.165) is 0 Å². The minimum absolute atomic E-state index is 0. The van der Waals surface area contributed by atoms with E-state index in [0.29, 0.717) is 0 Å². The third kappa shape index (κ3) is 9.18. The predicted octanol–water partition coefficient (Wildman–Crippen LogP) is -9.24. The quantitative estimate of drug-likeness (QED) is 0.192. The molecule has 0 radical (unpaired) electrons. The maximum atomic E-state index is 4.12. The summed E-state index contributed by atoms with van der Waals surface area (Å²) in [6, 6.07) is 0. The summed E-state index contributed by atoms with van der Waals surface area (Å²) in [5.41, 5.74) is -0.0938. The molecule has 0 amide bonds. The first-order valence-corrected chi connectivity index (χ1v) is 4.06. The SMILES string of the molecule is SC1NC(S)NC(S)N1.[H-].[H-].[H-].[Na+].[Na+].[Na+]. The third-order valence-corrected chi connectivity index (χ3v) is 1.84. The van der Waals surface area contributed by atoms with Crippen molar-refractivity contribution in [3.63, 3.8) is 0 Å². The molecule has 0 bridgehead atoms. The van der Waals surface area contributed by atoms with E-state index in [1.54, 1.807) is 0 Å². The second kappa shape index (κ2) is 11.4. The van der Waals surface area contributed by atoms with Crippen molar-refractivity contribution in [3.05, 3.63) is 0 Å². The summed E-state index contributed by atoms with van der Waals surface area (Å²) in [4.78, 5) is 0. The van der Waals surface area contributed by atoms with Gasteiger partial charge in [-0.15, -0.1) is 37.9 Å². The van der Waals surface area contributed by atoms with Gasteiger partial charge in [-0.25, -0.2) is 0 Å². The standard InChI is InChI=1S/C3H9N3S3.3Na.3H/c7-1-4-2(8)6-3(9)5-1;;;;;;/h1-9H;;;;;;/q;3*+1;3*-1. The molecule has 1 saturated heterocycles. The molecule has 60 valence electrons. The fourth-order valence-corrected chi connectivity index (χ4v) is 1.84. The first kappa shape index (κ1) is 21.2. The molecule has 0 aliphatic carbocycles. The summed E-state index contributed by atoms with van der Waals surface area (Å²) >= 11 is 12.4. The van der Waals surface area contributed by atoms with E-state index in [1.165, 1.54) is 0 Å². The van der Waals surface area contributed by atoms with Gasteiger partial charge in [0.2, 0.25) is 0 Å². The maximum Gasteiger partial charge on any atom is 1.00 e. The first-order chi connectivity index (χ1) is 4.18. The van der Waals surface area contributed by atoms with E-state index in [-0.39, 0.29) is 109 Å². The Bertz CT molecular complexity index is 95.8. The van der Waals surface area contributed by atoms with Gasteiger partial charge in [0, 0.05) is 0 Å². The Hall–Kier alpha value is 3.93. The summed E-state index contributed by atoms with van der Waals surface area (Å²) < 4.78 is 0. The molecule has 1 fully saturated rings. The fourth-order valence-electron chi connectivity index (χ4n) is 0.593. The number of hydrogen-bond donors (Lipinski definition) is 6. The van der Waals surface area contributed by atoms with E-state index in [4.69, 9.17) is 0 Å². The molecule has 1 rings (SSSR count). The van der Waals surface area contributed by atoms with Crippen LogP contribution in [0, 0.1) is 0 Å². The topological polar surface area (TPSA) is 36.1 Å². The molecule has 1 heterocycles. The van der Waals surface area contributed by atoms with Crippen LogP contribution in [0.4, 0.5) is 0 Å². The molecule has 0 spiro atoms. The van der Waals surface area contributed by atoms with Crippen LogP contribution in [0.15, 0.2) is 0 Å². The Balaban J connectivity index is -0.0000000337. The van der Waals surface area contributed by atoms with Crippen molar-refractivity contribution in [1.82, 2.24) is 16.0 Å². The average Bonchev–Trinajstić information content (AvgIpc) is 1.59. The first-order valence-electron chi connectivity index (χ1n) is 2.51. The number of rotatable bonds is 0. The molecule has 1 aliphatic rings. The summed E-state index contributed by atoms with van der Waals surface area (Å²) in [5, 5.41) is 8.90. The zero-order chi connectivity index (χ0) is 6.85. The van der Waals surface area contributed by atoms with Gasteiger partial charge in [0.25, 0.3) is 0 Å². The molecular formula is C3H12N3Na3S3. The van der Waals surface area contributed by atoms with Gasteiger partial charge in [-0.05, 0) is 0 Å². The fraction of sp³-hybridized carbons (Fsp3) is 1.00. The van der Waals surface area contributed by atoms with Crippen molar-refractivity contribution >= 4 is 37.9 Å². The normalized spacial score (nSPS) is 33.8. The van der Waals surface area contributed by atoms with Gasteiger partial charge in [0.05, 0.1) is 0 Å². The number of thiol groups is 3. The molecular weight excluding hydrogens is 243 g/mol. The third-order valence-electron chi connectivity index (χ3n) is 0.947. The molecule has 0 aromatic heterocycles. The molecule has 9 heteroatoms.